The molecule has 1 aliphatic rings. The van der Waals surface area contributed by atoms with E-state index in [9.17, 15) is 0 Å². The van der Waals surface area contributed by atoms with Crippen molar-refractivity contribution in [1.82, 2.24) is 0 Å². The number of benzene rings is 1. The van der Waals surface area contributed by atoms with Crippen molar-refractivity contribution in [3.05, 3.63) is 23.3 Å². The molecule has 0 fully saturated rings. The van der Waals surface area contributed by atoms with Gasteiger partial charge >= 0.3 is 0 Å². The lowest BCUT2D eigenvalue weighted by atomic mass is 9.97. The van der Waals surface area contributed by atoms with E-state index in [4.69, 9.17) is 9.47 Å². The summed E-state index contributed by atoms with van der Waals surface area (Å²) in [5, 5.41) is 0. The van der Waals surface area contributed by atoms with Crippen molar-refractivity contribution in [1.29, 1.82) is 0 Å². The molecule has 1 aromatic carbocycles. The summed E-state index contributed by atoms with van der Waals surface area (Å²) in [6, 6.07) is 4.25. The van der Waals surface area contributed by atoms with Crippen LogP contribution in [0.25, 0.3) is 0 Å². The molecular weight excluding hydrogens is 190 g/mol. The minimum Gasteiger partial charge on any atom is -0.493 e. The monoisotopic (exact) mass is 205 g/mol. The fourth-order valence-electron chi connectivity index (χ4n) is 1.89. The number of nitrogens with zero attached hydrogens (tertiary/aromatic N) is 1. The highest BCUT2D eigenvalue weighted by atomic mass is 16.5. The predicted octanol–water partition coefficient (Wildman–Crippen LogP) is 2.07. The third-order valence-corrected chi connectivity index (χ3v) is 2.65. The first-order chi connectivity index (χ1) is 7.26. The highest BCUT2D eigenvalue weighted by molar-refractivity contribution is 5.85. The fraction of sp³-hybridized carbons (Fsp3) is 0.417. The van der Waals surface area contributed by atoms with E-state index in [-0.39, 0.29) is 0 Å². The molecule has 3 nitrogen and oxygen atoms in total. The topological polar surface area (TPSA) is 30.8 Å². The van der Waals surface area contributed by atoms with E-state index in [0.717, 1.165) is 23.5 Å². The van der Waals surface area contributed by atoms with Gasteiger partial charge in [0.2, 0.25) is 0 Å². The zero-order valence-electron chi connectivity index (χ0n) is 9.28. The molecule has 0 spiro atoms. The fourth-order valence-corrected chi connectivity index (χ4v) is 1.89. The Balaban J connectivity index is 2.54. The summed E-state index contributed by atoms with van der Waals surface area (Å²) in [6.45, 7) is 2.10. The minimum atomic E-state index is 0.318. The quantitative estimate of drug-likeness (QED) is 0.740. The van der Waals surface area contributed by atoms with E-state index in [1.165, 1.54) is 5.56 Å². The van der Waals surface area contributed by atoms with Gasteiger partial charge in [0.05, 0.1) is 20.3 Å². The number of fused-ring (bicyclic) bond motifs is 1. The molecule has 0 bridgehead atoms. The van der Waals surface area contributed by atoms with Crippen LogP contribution in [-0.2, 0) is 6.42 Å². The Bertz CT molecular complexity index is 399. The van der Waals surface area contributed by atoms with Crippen LogP contribution in [0.4, 0.5) is 0 Å². The van der Waals surface area contributed by atoms with Crippen LogP contribution in [0.15, 0.2) is 17.1 Å². The number of rotatable bonds is 2. The molecule has 0 aromatic heterocycles. The van der Waals surface area contributed by atoms with E-state index in [0.29, 0.717) is 6.04 Å². The lowest BCUT2D eigenvalue weighted by molar-refractivity contribution is 0.350. The van der Waals surface area contributed by atoms with Gasteiger partial charge in [-0.15, -0.1) is 0 Å². The lowest BCUT2D eigenvalue weighted by Gasteiger charge is -2.19. The molecule has 0 amide bonds. The molecule has 1 heterocycles. The third-order valence-electron chi connectivity index (χ3n) is 2.65. The molecule has 80 valence electrons. The molecule has 1 atom stereocenters. The second kappa shape index (κ2) is 3.93. The van der Waals surface area contributed by atoms with Crippen LogP contribution in [0.5, 0.6) is 11.5 Å². The Morgan fingerprint density at radius 1 is 1.27 bits per heavy atom. The van der Waals surface area contributed by atoms with Crippen LogP contribution in [0.1, 0.15) is 18.1 Å². The van der Waals surface area contributed by atoms with Crippen molar-refractivity contribution in [2.45, 2.75) is 19.4 Å². The maximum absolute atomic E-state index is 5.40. The number of hydrogen-bond acceptors (Lipinski definition) is 3. The summed E-state index contributed by atoms with van der Waals surface area (Å²) in [5.41, 5.74) is 2.32. The van der Waals surface area contributed by atoms with Crippen LogP contribution in [-0.4, -0.2) is 26.5 Å². The van der Waals surface area contributed by atoms with Crippen molar-refractivity contribution in [2.24, 2.45) is 4.99 Å². The first kappa shape index (κ1) is 10.0. The van der Waals surface area contributed by atoms with E-state index in [1.54, 1.807) is 14.2 Å². The van der Waals surface area contributed by atoms with Gasteiger partial charge in [-0.3, -0.25) is 4.99 Å². The van der Waals surface area contributed by atoms with E-state index in [1.807, 2.05) is 18.3 Å². The van der Waals surface area contributed by atoms with Gasteiger partial charge in [-0.25, -0.2) is 0 Å². The lowest BCUT2D eigenvalue weighted by Crippen LogP contribution is -2.13. The smallest absolute Gasteiger partial charge is 0.164 e. The van der Waals surface area contributed by atoms with Gasteiger partial charge in [0.1, 0.15) is 0 Å². The van der Waals surface area contributed by atoms with E-state index >= 15 is 0 Å². The average Bonchev–Trinajstić information content (AvgIpc) is 2.27. The van der Waals surface area contributed by atoms with Gasteiger partial charge in [-0.2, -0.15) is 0 Å². The van der Waals surface area contributed by atoms with Crippen molar-refractivity contribution in [3.8, 4) is 11.5 Å². The molecule has 0 saturated carbocycles. The normalized spacial score (nSPS) is 18.5. The second-order valence-electron chi connectivity index (χ2n) is 3.70. The third kappa shape index (κ3) is 1.69. The number of methoxy groups -OCH3 is 2. The molecule has 0 saturated heterocycles. The first-order valence-corrected chi connectivity index (χ1v) is 5.03. The van der Waals surface area contributed by atoms with Crippen LogP contribution in [0.2, 0.25) is 0 Å². The van der Waals surface area contributed by atoms with Crippen LogP contribution in [0, 0.1) is 0 Å². The van der Waals surface area contributed by atoms with Crippen molar-refractivity contribution in [3.63, 3.8) is 0 Å². The minimum absolute atomic E-state index is 0.318. The second-order valence-corrected chi connectivity index (χ2v) is 3.70. The summed E-state index contributed by atoms with van der Waals surface area (Å²) in [5.74, 6) is 1.63. The summed E-state index contributed by atoms with van der Waals surface area (Å²) in [7, 11) is 3.33. The molecule has 0 aliphatic carbocycles. The summed E-state index contributed by atoms with van der Waals surface area (Å²) in [4.78, 5) is 4.38. The maximum Gasteiger partial charge on any atom is 0.164 e. The number of hydrogen-bond donors (Lipinski definition) is 0. The molecule has 0 N–H and O–H groups in total. The number of aliphatic imine (C=N–C) groups is 1. The van der Waals surface area contributed by atoms with Crippen LogP contribution >= 0.6 is 0 Å². The molecule has 1 unspecified atom stereocenters. The van der Waals surface area contributed by atoms with Gasteiger partial charge in [0.15, 0.2) is 11.5 Å². The van der Waals surface area contributed by atoms with Crippen molar-refractivity contribution >= 4 is 6.21 Å². The Kier molecular flexibility index (Phi) is 2.62. The van der Waals surface area contributed by atoms with Gasteiger partial charge in [0, 0.05) is 11.8 Å². The molecule has 2 rings (SSSR count). The first-order valence-electron chi connectivity index (χ1n) is 5.03. The molecule has 1 aromatic rings. The SMILES string of the molecule is COc1ccc2c(c1OC)CC(C)N=C2. The average molecular weight is 205 g/mol. The van der Waals surface area contributed by atoms with Crippen molar-refractivity contribution < 1.29 is 9.47 Å². The largest absolute Gasteiger partial charge is 0.493 e. The number of ether oxygens (including phenoxy) is 2. The summed E-state index contributed by atoms with van der Waals surface area (Å²) < 4.78 is 10.7. The molecular formula is C12H15NO2. The Labute approximate surface area is 89.7 Å². The molecule has 1 aliphatic heterocycles. The predicted molar refractivity (Wildman–Crippen MR) is 60.3 cm³/mol. The van der Waals surface area contributed by atoms with Gasteiger partial charge in [-0.05, 0) is 31.0 Å². The highest BCUT2D eigenvalue weighted by Gasteiger charge is 2.18. The van der Waals surface area contributed by atoms with Gasteiger partial charge in [-0.1, -0.05) is 0 Å². The van der Waals surface area contributed by atoms with E-state index < -0.39 is 0 Å². The Hall–Kier alpha value is -1.51. The summed E-state index contributed by atoms with van der Waals surface area (Å²) in [6.07, 6.45) is 2.82. The highest BCUT2D eigenvalue weighted by Crippen LogP contribution is 2.35. The Morgan fingerprint density at radius 2 is 2.07 bits per heavy atom. The standard InChI is InChI=1S/C12H15NO2/c1-8-6-10-9(7-13-8)4-5-11(14-2)12(10)15-3/h4-5,7-8H,6H2,1-3H3. The zero-order valence-corrected chi connectivity index (χ0v) is 9.28. The Morgan fingerprint density at radius 3 is 2.73 bits per heavy atom. The molecule has 0 radical (unpaired) electrons. The van der Waals surface area contributed by atoms with Gasteiger partial charge < -0.3 is 9.47 Å². The molecule has 3 heteroatoms. The zero-order chi connectivity index (χ0) is 10.8. The van der Waals surface area contributed by atoms with Gasteiger partial charge in [0.25, 0.3) is 0 Å². The van der Waals surface area contributed by atoms with Crippen LogP contribution < -0.4 is 9.47 Å². The maximum atomic E-state index is 5.40. The van der Waals surface area contributed by atoms with E-state index in [2.05, 4.69) is 11.9 Å². The summed E-state index contributed by atoms with van der Waals surface area (Å²) >= 11 is 0. The molecule has 15 heavy (non-hydrogen) atoms. The van der Waals surface area contributed by atoms with Crippen LogP contribution in [0.3, 0.4) is 0 Å². The van der Waals surface area contributed by atoms with Crippen molar-refractivity contribution in [2.75, 3.05) is 14.2 Å².